The van der Waals surface area contributed by atoms with Gasteiger partial charge in [-0.25, -0.2) is 4.79 Å². The SMILES string of the molecule is Cl.Cn1cc(-c2ccc(N(C(=O)NCc3ccccc3)[C@H]3CC[C@H](N)CC3)cc2)cn1. The van der Waals surface area contributed by atoms with Crippen LogP contribution in [0.4, 0.5) is 10.5 Å². The van der Waals surface area contributed by atoms with Crippen LogP contribution in [0.2, 0.25) is 0 Å². The fraction of sp³-hybridized carbons (Fsp3) is 0.333. The van der Waals surface area contributed by atoms with Gasteiger partial charge in [-0.15, -0.1) is 12.4 Å². The van der Waals surface area contributed by atoms with E-state index in [4.69, 9.17) is 5.73 Å². The summed E-state index contributed by atoms with van der Waals surface area (Å²) in [4.78, 5) is 15.1. The summed E-state index contributed by atoms with van der Waals surface area (Å²) in [7, 11) is 1.91. The molecule has 1 aliphatic rings. The van der Waals surface area contributed by atoms with E-state index in [1.807, 2.05) is 66.8 Å². The summed E-state index contributed by atoms with van der Waals surface area (Å²) < 4.78 is 1.79. The molecule has 4 rings (SSSR count). The molecule has 1 saturated carbocycles. The van der Waals surface area contributed by atoms with Gasteiger partial charge in [-0.3, -0.25) is 9.58 Å². The quantitative estimate of drug-likeness (QED) is 0.614. The zero-order valence-corrected chi connectivity index (χ0v) is 18.6. The number of aryl methyl sites for hydroxylation is 1. The third-order valence-electron chi connectivity index (χ3n) is 5.80. The van der Waals surface area contributed by atoms with E-state index in [2.05, 4.69) is 22.5 Å². The van der Waals surface area contributed by atoms with Crippen LogP contribution >= 0.6 is 12.4 Å². The Labute approximate surface area is 189 Å². The molecule has 0 spiro atoms. The first kappa shape index (κ1) is 22.8. The zero-order chi connectivity index (χ0) is 20.9. The number of nitrogens with zero attached hydrogens (tertiary/aromatic N) is 3. The van der Waals surface area contributed by atoms with Crippen molar-refractivity contribution in [2.24, 2.45) is 12.8 Å². The number of amides is 2. The average Bonchev–Trinajstić information content (AvgIpc) is 3.21. The molecule has 1 aromatic heterocycles. The Hall–Kier alpha value is -2.83. The molecule has 0 aliphatic heterocycles. The zero-order valence-electron chi connectivity index (χ0n) is 17.8. The first-order valence-electron chi connectivity index (χ1n) is 10.6. The summed E-state index contributed by atoms with van der Waals surface area (Å²) >= 11 is 0. The van der Waals surface area contributed by atoms with Crippen LogP contribution in [0, 0.1) is 0 Å². The Morgan fingerprint density at radius 1 is 1.06 bits per heavy atom. The number of carbonyl (C=O) groups is 1. The van der Waals surface area contributed by atoms with Crippen molar-refractivity contribution >= 4 is 24.1 Å². The highest BCUT2D eigenvalue weighted by atomic mass is 35.5. The Bertz CT molecular complexity index is 965. The molecule has 0 radical (unpaired) electrons. The second-order valence-electron chi connectivity index (χ2n) is 8.03. The number of hydrogen-bond donors (Lipinski definition) is 2. The molecule has 0 unspecified atom stereocenters. The summed E-state index contributed by atoms with van der Waals surface area (Å²) in [6.07, 6.45) is 7.57. The highest BCUT2D eigenvalue weighted by Crippen LogP contribution is 2.29. The van der Waals surface area contributed by atoms with Crippen molar-refractivity contribution in [2.45, 2.75) is 44.3 Å². The standard InChI is InChI=1S/C24H29N5O.ClH/c1-28-17-20(16-27-28)19-7-11-22(12-8-19)29(23-13-9-21(25)10-14-23)24(30)26-15-18-5-3-2-4-6-18;/h2-8,11-12,16-17,21,23H,9-10,13-15,25H2,1H3,(H,26,30);1H/t21-,23-;. The molecule has 1 fully saturated rings. The van der Waals surface area contributed by atoms with Gasteiger partial charge in [0.1, 0.15) is 0 Å². The molecule has 164 valence electrons. The molecule has 3 N–H and O–H groups in total. The molecule has 2 aromatic carbocycles. The minimum absolute atomic E-state index is 0. The monoisotopic (exact) mass is 439 g/mol. The van der Waals surface area contributed by atoms with Crippen molar-refractivity contribution in [1.82, 2.24) is 15.1 Å². The Kier molecular flexibility index (Phi) is 7.71. The minimum atomic E-state index is -0.0616. The predicted octanol–water partition coefficient (Wildman–Crippen LogP) is 4.50. The Morgan fingerprint density at radius 3 is 2.35 bits per heavy atom. The predicted molar refractivity (Wildman–Crippen MR) is 127 cm³/mol. The number of nitrogens with two attached hydrogens (primary N) is 1. The summed E-state index contributed by atoms with van der Waals surface area (Å²) in [6, 6.07) is 18.5. The van der Waals surface area contributed by atoms with Crippen molar-refractivity contribution in [1.29, 1.82) is 0 Å². The van der Waals surface area contributed by atoms with Crippen LogP contribution in [0.5, 0.6) is 0 Å². The normalized spacial score (nSPS) is 18.1. The molecule has 0 saturated heterocycles. The van der Waals surface area contributed by atoms with Crippen molar-refractivity contribution in [3.05, 3.63) is 72.6 Å². The number of anilines is 1. The maximum atomic E-state index is 13.2. The van der Waals surface area contributed by atoms with E-state index >= 15 is 0 Å². The first-order valence-corrected chi connectivity index (χ1v) is 10.6. The maximum Gasteiger partial charge on any atom is 0.322 e. The van der Waals surface area contributed by atoms with Crippen molar-refractivity contribution in [3.8, 4) is 11.1 Å². The number of carbonyl (C=O) groups excluding carboxylic acids is 1. The number of aromatic nitrogens is 2. The van der Waals surface area contributed by atoms with Gasteiger partial charge in [0.2, 0.25) is 0 Å². The minimum Gasteiger partial charge on any atom is -0.334 e. The maximum absolute atomic E-state index is 13.2. The molecule has 3 aromatic rings. The van der Waals surface area contributed by atoms with Gasteiger partial charge in [0.25, 0.3) is 0 Å². The average molecular weight is 440 g/mol. The van der Waals surface area contributed by atoms with Gasteiger partial charge in [0, 0.05) is 43.1 Å². The fourth-order valence-electron chi connectivity index (χ4n) is 4.10. The number of benzene rings is 2. The molecule has 2 amide bonds. The summed E-state index contributed by atoms with van der Waals surface area (Å²) in [5.74, 6) is 0. The van der Waals surface area contributed by atoms with Crippen LogP contribution < -0.4 is 16.0 Å². The largest absolute Gasteiger partial charge is 0.334 e. The number of halogens is 1. The smallest absolute Gasteiger partial charge is 0.322 e. The molecular formula is C24H30ClN5O. The molecule has 6 nitrogen and oxygen atoms in total. The highest BCUT2D eigenvalue weighted by Gasteiger charge is 2.29. The number of urea groups is 1. The van der Waals surface area contributed by atoms with E-state index in [-0.39, 0.29) is 30.5 Å². The van der Waals surface area contributed by atoms with Gasteiger partial charge in [-0.1, -0.05) is 42.5 Å². The van der Waals surface area contributed by atoms with Gasteiger partial charge in [0.15, 0.2) is 0 Å². The lowest BCUT2D eigenvalue weighted by molar-refractivity contribution is 0.240. The fourth-order valence-corrected chi connectivity index (χ4v) is 4.10. The van der Waals surface area contributed by atoms with Gasteiger partial charge < -0.3 is 11.1 Å². The summed E-state index contributed by atoms with van der Waals surface area (Å²) in [5.41, 5.74) is 10.3. The van der Waals surface area contributed by atoms with Gasteiger partial charge in [-0.05, 0) is 48.9 Å². The second-order valence-corrected chi connectivity index (χ2v) is 8.03. The molecule has 0 atom stereocenters. The van der Waals surface area contributed by atoms with Gasteiger partial charge in [-0.2, -0.15) is 5.10 Å². The molecule has 0 bridgehead atoms. The lowest BCUT2D eigenvalue weighted by atomic mass is 9.90. The van der Waals surface area contributed by atoms with Crippen LogP contribution in [0.15, 0.2) is 67.0 Å². The highest BCUT2D eigenvalue weighted by molar-refractivity contribution is 5.93. The van der Waals surface area contributed by atoms with E-state index in [0.717, 1.165) is 48.1 Å². The van der Waals surface area contributed by atoms with Crippen molar-refractivity contribution in [2.75, 3.05) is 4.90 Å². The topological polar surface area (TPSA) is 76.2 Å². The number of nitrogens with one attached hydrogen (secondary N) is 1. The Morgan fingerprint density at radius 2 is 1.74 bits per heavy atom. The summed E-state index contributed by atoms with van der Waals surface area (Å²) in [6.45, 7) is 0.510. The number of hydrogen-bond acceptors (Lipinski definition) is 3. The van der Waals surface area contributed by atoms with Gasteiger partial charge >= 0.3 is 6.03 Å². The molecule has 1 aliphatic carbocycles. The van der Waals surface area contributed by atoms with E-state index in [0.29, 0.717) is 6.54 Å². The third-order valence-corrected chi connectivity index (χ3v) is 5.80. The summed E-state index contributed by atoms with van der Waals surface area (Å²) in [5, 5.41) is 7.34. The van der Waals surface area contributed by atoms with Crippen molar-refractivity contribution in [3.63, 3.8) is 0 Å². The van der Waals surface area contributed by atoms with Crippen LogP contribution in [0.3, 0.4) is 0 Å². The lowest BCUT2D eigenvalue weighted by Crippen LogP contribution is -2.48. The lowest BCUT2D eigenvalue weighted by Gasteiger charge is -2.36. The van der Waals surface area contributed by atoms with E-state index in [1.54, 1.807) is 4.68 Å². The molecule has 31 heavy (non-hydrogen) atoms. The molecule has 1 heterocycles. The molecule has 7 heteroatoms. The third kappa shape index (κ3) is 5.66. The van der Waals surface area contributed by atoms with Crippen molar-refractivity contribution < 1.29 is 4.79 Å². The van der Waals surface area contributed by atoms with Crippen LogP contribution in [-0.4, -0.2) is 27.9 Å². The number of rotatable bonds is 5. The van der Waals surface area contributed by atoms with E-state index < -0.39 is 0 Å². The van der Waals surface area contributed by atoms with Crippen LogP contribution in [-0.2, 0) is 13.6 Å². The van der Waals surface area contributed by atoms with E-state index in [9.17, 15) is 4.79 Å². The van der Waals surface area contributed by atoms with Crippen LogP contribution in [0.1, 0.15) is 31.2 Å². The Balaban J connectivity index is 0.00000272. The van der Waals surface area contributed by atoms with Gasteiger partial charge in [0.05, 0.1) is 6.20 Å². The second kappa shape index (κ2) is 10.5. The first-order chi connectivity index (χ1) is 14.6. The molecular weight excluding hydrogens is 410 g/mol. The van der Waals surface area contributed by atoms with Crippen LogP contribution in [0.25, 0.3) is 11.1 Å². The van der Waals surface area contributed by atoms with E-state index in [1.165, 1.54) is 0 Å².